The summed E-state index contributed by atoms with van der Waals surface area (Å²) in [6.45, 7) is 6.37. The summed E-state index contributed by atoms with van der Waals surface area (Å²) in [5.74, 6) is -0.228. The highest BCUT2D eigenvalue weighted by Gasteiger charge is 2.17. The average Bonchev–Trinajstić information content (AvgIpc) is 2.26. The molecule has 5 heteroatoms. The molecule has 0 aromatic rings. The summed E-state index contributed by atoms with van der Waals surface area (Å²) in [5.41, 5.74) is 5.16. The quantitative estimate of drug-likeness (QED) is 0.599. The van der Waals surface area contributed by atoms with Gasteiger partial charge in [0, 0.05) is 39.9 Å². The standard InChI is InChI=1S/C11H23N3O2/c1-16-9-3-2-4-13-5-7-14(8-6-13)10-11(12)15/h2-10H2,1H3,(H2,12,15). The molecule has 0 bridgehead atoms. The Morgan fingerprint density at radius 1 is 1.19 bits per heavy atom. The highest BCUT2D eigenvalue weighted by Crippen LogP contribution is 2.03. The maximum atomic E-state index is 10.7. The van der Waals surface area contributed by atoms with Crippen LogP contribution >= 0.6 is 0 Å². The Labute approximate surface area is 97.5 Å². The van der Waals surface area contributed by atoms with Crippen molar-refractivity contribution in [3.05, 3.63) is 0 Å². The number of hydrogen-bond donors (Lipinski definition) is 1. The van der Waals surface area contributed by atoms with Crippen molar-refractivity contribution in [2.45, 2.75) is 12.8 Å². The Balaban J connectivity index is 2.05. The Kier molecular flexibility index (Phi) is 6.37. The molecule has 0 aromatic heterocycles. The number of unbranched alkanes of at least 4 members (excludes halogenated alkanes) is 1. The number of piperazine rings is 1. The number of primary amides is 1. The topological polar surface area (TPSA) is 58.8 Å². The van der Waals surface area contributed by atoms with E-state index in [9.17, 15) is 4.79 Å². The molecule has 5 nitrogen and oxygen atoms in total. The maximum Gasteiger partial charge on any atom is 0.231 e. The van der Waals surface area contributed by atoms with Crippen LogP contribution in [0.2, 0.25) is 0 Å². The van der Waals surface area contributed by atoms with Gasteiger partial charge in [-0.2, -0.15) is 0 Å². The zero-order valence-corrected chi connectivity index (χ0v) is 10.2. The number of amides is 1. The van der Waals surface area contributed by atoms with Crippen molar-refractivity contribution in [2.75, 3.05) is 53.0 Å². The van der Waals surface area contributed by atoms with Gasteiger partial charge < -0.3 is 15.4 Å². The summed E-state index contributed by atoms with van der Waals surface area (Å²) in [6, 6.07) is 0. The number of hydrogen-bond acceptors (Lipinski definition) is 4. The second kappa shape index (κ2) is 7.60. The van der Waals surface area contributed by atoms with Crippen LogP contribution in [0.15, 0.2) is 0 Å². The first-order valence-corrected chi connectivity index (χ1v) is 5.94. The molecule has 16 heavy (non-hydrogen) atoms. The van der Waals surface area contributed by atoms with Crippen LogP contribution in [-0.2, 0) is 9.53 Å². The summed E-state index contributed by atoms with van der Waals surface area (Å²) in [4.78, 5) is 15.3. The molecule has 0 saturated carbocycles. The highest BCUT2D eigenvalue weighted by atomic mass is 16.5. The van der Waals surface area contributed by atoms with Gasteiger partial charge in [0.2, 0.25) is 5.91 Å². The van der Waals surface area contributed by atoms with Gasteiger partial charge >= 0.3 is 0 Å². The fourth-order valence-electron chi connectivity index (χ4n) is 1.97. The summed E-state index contributed by atoms with van der Waals surface area (Å²) >= 11 is 0. The summed E-state index contributed by atoms with van der Waals surface area (Å²) < 4.78 is 5.01. The van der Waals surface area contributed by atoms with E-state index in [0.29, 0.717) is 6.54 Å². The van der Waals surface area contributed by atoms with Crippen molar-refractivity contribution in [1.82, 2.24) is 9.80 Å². The van der Waals surface area contributed by atoms with Crippen molar-refractivity contribution in [2.24, 2.45) is 5.73 Å². The van der Waals surface area contributed by atoms with Gasteiger partial charge in [-0.25, -0.2) is 0 Å². The predicted octanol–water partition coefficient (Wildman–Crippen LogP) is -0.484. The lowest BCUT2D eigenvalue weighted by Crippen LogP contribution is -2.48. The fraction of sp³-hybridized carbons (Fsp3) is 0.909. The van der Waals surface area contributed by atoms with E-state index in [1.54, 1.807) is 7.11 Å². The van der Waals surface area contributed by atoms with E-state index < -0.39 is 0 Å². The minimum absolute atomic E-state index is 0.228. The van der Waals surface area contributed by atoms with Crippen molar-refractivity contribution in [3.63, 3.8) is 0 Å². The molecule has 94 valence electrons. The molecule has 2 N–H and O–H groups in total. The molecular formula is C11H23N3O2. The SMILES string of the molecule is COCCCCN1CCN(CC(N)=O)CC1. The van der Waals surface area contributed by atoms with Gasteiger partial charge in [-0.1, -0.05) is 0 Å². The lowest BCUT2D eigenvalue weighted by atomic mass is 10.2. The molecule has 1 aliphatic heterocycles. The smallest absolute Gasteiger partial charge is 0.231 e. The van der Waals surface area contributed by atoms with Gasteiger partial charge in [0.15, 0.2) is 0 Å². The number of carbonyl (C=O) groups excluding carboxylic acids is 1. The fourth-order valence-corrected chi connectivity index (χ4v) is 1.97. The number of rotatable bonds is 7. The summed E-state index contributed by atoms with van der Waals surface area (Å²) in [6.07, 6.45) is 2.31. The first-order valence-electron chi connectivity index (χ1n) is 5.94. The van der Waals surface area contributed by atoms with E-state index in [1.807, 2.05) is 0 Å². The normalized spacial score (nSPS) is 18.8. The van der Waals surface area contributed by atoms with Gasteiger partial charge in [0.25, 0.3) is 0 Å². The van der Waals surface area contributed by atoms with Crippen LogP contribution in [0, 0.1) is 0 Å². The second-order valence-corrected chi connectivity index (χ2v) is 4.28. The van der Waals surface area contributed by atoms with Crippen LogP contribution in [0.3, 0.4) is 0 Å². The molecule has 0 aromatic carbocycles. The van der Waals surface area contributed by atoms with E-state index in [0.717, 1.165) is 45.8 Å². The molecule has 1 amide bonds. The van der Waals surface area contributed by atoms with Gasteiger partial charge in [0.05, 0.1) is 6.54 Å². The molecule has 1 aliphatic rings. The zero-order chi connectivity index (χ0) is 11.8. The molecule has 1 heterocycles. The summed E-state index contributed by atoms with van der Waals surface area (Å²) in [5, 5.41) is 0. The third-order valence-electron chi connectivity index (χ3n) is 2.92. The monoisotopic (exact) mass is 229 g/mol. The highest BCUT2D eigenvalue weighted by molar-refractivity contribution is 5.75. The van der Waals surface area contributed by atoms with Crippen molar-refractivity contribution < 1.29 is 9.53 Å². The Hall–Kier alpha value is -0.650. The van der Waals surface area contributed by atoms with Crippen LogP contribution in [-0.4, -0.2) is 68.7 Å². The number of nitrogens with zero attached hydrogens (tertiary/aromatic N) is 2. The molecule has 1 fully saturated rings. The minimum Gasteiger partial charge on any atom is -0.385 e. The van der Waals surface area contributed by atoms with E-state index in [2.05, 4.69) is 9.80 Å². The van der Waals surface area contributed by atoms with Crippen LogP contribution in [0.5, 0.6) is 0 Å². The third-order valence-corrected chi connectivity index (χ3v) is 2.92. The molecular weight excluding hydrogens is 206 g/mol. The first-order chi connectivity index (χ1) is 7.72. The van der Waals surface area contributed by atoms with E-state index in [1.165, 1.54) is 6.42 Å². The number of carbonyl (C=O) groups is 1. The van der Waals surface area contributed by atoms with Crippen LogP contribution in [0.4, 0.5) is 0 Å². The van der Waals surface area contributed by atoms with Crippen molar-refractivity contribution in [1.29, 1.82) is 0 Å². The predicted molar refractivity (Wildman–Crippen MR) is 63.2 cm³/mol. The number of methoxy groups -OCH3 is 1. The lowest BCUT2D eigenvalue weighted by molar-refractivity contribution is -0.119. The molecule has 0 spiro atoms. The van der Waals surface area contributed by atoms with E-state index >= 15 is 0 Å². The van der Waals surface area contributed by atoms with Gasteiger partial charge in [0.1, 0.15) is 0 Å². The summed E-state index contributed by atoms with van der Waals surface area (Å²) in [7, 11) is 1.74. The number of nitrogens with two attached hydrogens (primary N) is 1. The molecule has 1 rings (SSSR count). The van der Waals surface area contributed by atoms with Crippen LogP contribution in [0.1, 0.15) is 12.8 Å². The number of ether oxygens (including phenoxy) is 1. The molecule has 0 aliphatic carbocycles. The zero-order valence-electron chi connectivity index (χ0n) is 10.2. The Morgan fingerprint density at radius 2 is 1.81 bits per heavy atom. The van der Waals surface area contributed by atoms with Gasteiger partial charge in [-0.05, 0) is 19.4 Å². The minimum atomic E-state index is -0.228. The Morgan fingerprint density at radius 3 is 2.38 bits per heavy atom. The molecule has 0 radical (unpaired) electrons. The second-order valence-electron chi connectivity index (χ2n) is 4.28. The molecule has 1 saturated heterocycles. The molecule has 0 unspecified atom stereocenters. The average molecular weight is 229 g/mol. The maximum absolute atomic E-state index is 10.7. The largest absolute Gasteiger partial charge is 0.385 e. The van der Waals surface area contributed by atoms with E-state index in [-0.39, 0.29) is 5.91 Å². The van der Waals surface area contributed by atoms with Crippen molar-refractivity contribution >= 4 is 5.91 Å². The van der Waals surface area contributed by atoms with Gasteiger partial charge in [-0.15, -0.1) is 0 Å². The third kappa shape index (κ3) is 5.44. The first kappa shape index (κ1) is 13.4. The molecule has 0 atom stereocenters. The van der Waals surface area contributed by atoms with Crippen LogP contribution < -0.4 is 5.73 Å². The van der Waals surface area contributed by atoms with Gasteiger partial charge in [-0.3, -0.25) is 9.69 Å². The lowest BCUT2D eigenvalue weighted by Gasteiger charge is -2.33. The van der Waals surface area contributed by atoms with Crippen LogP contribution in [0.25, 0.3) is 0 Å². The Bertz CT molecular complexity index is 203. The van der Waals surface area contributed by atoms with Crippen molar-refractivity contribution in [3.8, 4) is 0 Å². The van der Waals surface area contributed by atoms with E-state index in [4.69, 9.17) is 10.5 Å².